The molecule has 4 rings (SSSR count). The second-order valence-electron chi connectivity index (χ2n) is 11.6. The van der Waals surface area contributed by atoms with Crippen LogP contribution in [0.2, 0.25) is 15.1 Å². The van der Waals surface area contributed by atoms with Crippen molar-refractivity contribution in [3.05, 3.63) is 98.5 Å². The van der Waals surface area contributed by atoms with Gasteiger partial charge in [0.1, 0.15) is 6.04 Å². The summed E-state index contributed by atoms with van der Waals surface area (Å²) in [6, 6.07) is 19.0. The molecule has 1 N–H and O–H groups in total. The van der Waals surface area contributed by atoms with Crippen molar-refractivity contribution in [2.45, 2.75) is 76.9 Å². The quantitative estimate of drug-likeness (QED) is 0.200. The molecule has 0 aromatic heterocycles. The van der Waals surface area contributed by atoms with Crippen molar-refractivity contribution >= 4 is 62.3 Å². The Hall–Kier alpha value is -2.78. The number of halogens is 3. The van der Waals surface area contributed by atoms with E-state index < -0.39 is 16.1 Å². The van der Waals surface area contributed by atoms with Gasteiger partial charge in [0, 0.05) is 52.6 Å². The van der Waals surface area contributed by atoms with Crippen molar-refractivity contribution < 1.29 is 18.0 Å². The molecule has 3 aromatic carbocycles. The molecule has 1 atom stereocenters. The van der Waals surface area contributed by atoms with Crippen LogP contribution in [0.25, 0.3) is 0 Å². The third kappa shape index (κ3) is 9.61. The van der Waals surface area contributed by atoms with E-state index in [0.717, 1.165) is 43.9 Å². The SMILES string of the molecule is Cc1c(Cl)cccc1N(CCCC(=O)N(Cc1c(Cl)cccc1Cl)[C@H](Cc1ccccc1)C(=O)NC1CCCCC1)S(C)(=O)=O. The number of sulfonamides is 1. The average molecular weight is 693 g/mol. The van der Waals surface area contributed by atoms with Gasteiger partial charge in [0.25, 0.3) is 0 Å². The first kappa shape index (κ1) is 35.1. The molecule has 45 heavy (non-hydrogen) atoms. The smallest absolute Gasteiger partial charge is 0.243 e. The second-order valence-corrected chi connectivity index (χ2v) is 14.7. The Kier molecular flexibility index (Phi) is 12.6. The Morgan fingerprint density at radius 2 is 1.51 bits per heavy atom. The van der Waals surface area contributed by atoms with Gasteiger partial charge in [0.2, 0.25) is 21.8 Å². The number of anilines is 1. The minimum Gasteiger partial charge on any atom is -0.352 e. The fourth-order valence-electron chi connectivity index (χ4n) is 5.80. The zero-order valence-corrected chi connectivity index (χ0v) is 28.7. The maximum atomic E-state index is 14.2. The largest absolute Gasteiger partial charge is 0.352 e. The molecule has 7 nitrogen and oxygen atoms in total. The van der Waals surface area contributed by atoms with E-state index in [-0.39, 0.29) is 43.8 Å². The molecule has 2 amide bonds. The number of carbonyl (C=O) groups excluding carboxylic acids is 2. The number of hydrogen-bond donors (Lipinski definition) is 1. The maximum Gasteiger partial charge on any atom is 0.243 e. The zero-order valence-electron chi connectivity index (χ0n) is 25.6. The zero-order chi connectivity index (χ0) is 32.6. The van der Waals surface area contributed by atoms with Gasteiger partial charge in [-0.3, -0.25) is 13.9 Å². The van der Waals surface area contributed by atoms with Crippen molar-refractivity contribution in [3.8, 4) is 0 Å². The monoisotopic (exact) mass is 691 g/mol. The molecule has 3 aromatic rings. The van der Waals surface area contributed by atoms with Crippen LogP contribution in [0.1, 0.15) is 61.6 Å². The van der Waals surface area contributed by atoms with Crippen LogP contribution < -0.4 is 9.62 Å². The number of hydrogen-bond acceptors (Lipinski definition) is 4. The molecule has 0 aliphatic heterocycles. The summed E-state index contributed by atoms with van der Waals surface area (Å²) < 4.78 is 26.9. The number of carbonyl (C=O) groups is 2. The van der Waals surface area contributed by atoms with Crippen molar-refractivity contribution in [2.24, 2.45) is 0 Å². The van der Waals surface area contributed by atoms with Crippen LogP contribution in [0.4, 0.5) is 5.69 Å². The molecule has 0 saturated heterocycles. The van der Waals surface area contributed by atoms with Crippen molar-refractivity contribution in [1.29, 1.82) is 0 Å². The highest BCUT2D eigenvalue weighted by molar-refractivity contribution is 7.92. The minimum absolute atomic E-state index is 0.00426. The molecule has 1 fully saturated rings. The van der Waals surface area contributed by atoms with Gasteiger partial charge in [0.05, 0.1) is 11.9 Å². The number of rotatable bonds is 13. The Morgan fingerprint density at radius 3 is 2.16 bits per heavy atom. The van der Waals surface area contributed by atoms with E-state index in [2.05, 4.69) is 5.32 Å². The van der Waals surface area contributed by atoms with Crippen LogP contribution in [0.15, 0.2) is 66.7 Å². The molecule has 0 heterocycles. The van der Waals surface area contributed by atoms with E-state index in [1.165, 1.54) is 4.31 Å². The molecule has 0 radical (unpaired) electrons. The fourth-order valence-corrected chi connectivity index (χ4v) is 7.50. The Labute approximate surface area is 281 Å². The van der Waals surface area contributed by atoms with Gasteiger partial charge in [-0.25, -0.2) is 8.42 Å². The van der Waals surface area contributed by atoms with Crippen LogP contribution in [0.3, 0.4) is 0 Å². The molecule has 1 aliphatic rings. The van der Waals surface area contributed by atoms with E-state index >= 15 is 0 Å². The number of nitrogens with zero attached hydrogens (tertiary/aromatic N) is 2. The van der Waals surface area contributed by atoms with E-state index in [1.807, 2.05) is 30.3 Å². The predicted molar refractivity (Wildman–Crippen MR) is 184 cm³/mol. The lowest BCUT2D eigenvalue weighted by molar-refractivity contribution is -0.141. The molecular weight excluding hydrogens is 653 g/mol. The lowest BCUT2D eigenvalue weighted by Gasteiger charge is -2.34. The van der Waals surface area contributed by atoms with E-state index in [1.54, 1.807) is 48.2 Å². The lowest BCUT2D eigenvalue weighted by atomic mass is 9.94. The topological polar surface area (TPSA) is 86.8 Å². The highest BCUT2D eigenvalue weighted by Crippen LogP contribution is 2.30. The third-order valence-electron chi connectivity index (χ3n) is 8.27. The number of amides is 2. The Balaban J connectivity index is 1.64. The second kappa shape index (κ2) is 16.2. The highest BCUT2D eigenvalue weighted by atomic mass is 35.5. The molecular formula is C34H40Cl3N3O4S. The summed E-state index contributed by atoms with van der Waals surface area (Å²) in [5.74, 6) is -0.531. The lowest BCUT2D eigenvalue weighted by Crippen LogP contribution is -2.53. The molecule has 242 valence electrons. The Bertz CT molecular complexity index is 1560. The third-order valence-corrected chi connectivity index (χ3v) is 10.6. The van der Waals surface area contributed by atoms with E-state index in [9.17, 15) is 18.0 Å². The first-order chi connectivity index (χ1) is 21.5. The van der Waals surface area contributed by atoms with Crippen LogP contribution >= 0.6 is 34.8 Å². The number of benzene rings is 3. The summed E-state index contributed by atoms with van der Waals surface area (Å²) in [6.45, 7) is 1.84. The maximum absolute atomic E-state index is 14.2. The normalized spacial score (nSPS) is 14.5. The molecule has 1 aliphatic carbocycles. The first-order valence-corrected chi connectivity index (χ1v) is 18.2. The van der Waals surface area contributed by atoms with Crippen LogP contribution in [-0.4, -0.2) is 50.0 Å². The summed E-state index contributed by atoms with van der Waals surface area (Å²) in [7, 11) is -3.67. The van der Waals surface area contributed by atoms with Crippen molar-refractivity contribution in [3.63, 3.8) is 0 Å². The van der Waals surface area contributed by atoms with Gasteiger partial charge in [-0.1, -0.05) is 96.5 Å². The number of nitrogens with one attached hydrogen (secondary N) is 1. The summed E-state index contributed by atoms with van der Waals surface area (Å²) in [5, 5.41) is 4.46. The fraction of sp³-hybridized carbons (Fsp3) is 0.412. The van der Waals surface area contributed by atoms with Crippen LogP contribution in [-0.2, 0) is 32.6 Å². The predicted octanol–water partition coefficient (Wildman–Crippen LogP) is 7.59. The summed E-state index contributed by atoms with van der Waals surface area (Å²) in [5.41, 5.74) is 2.55. The van der Waals surface area contributed by atoms with Crippen molar-refractivity contribution in [2.75, 3.05) is 17.1 Å². The molecule has 1 saturated carbocycles. The molecule has 0 spiro atoms. The molecule has 11 heteroatoms. The van der Waals surface area contributed by atoms with Gasteiger partial charge < -0.3 is 10.2 Å². The van der Waals surface area contributed by atoms with Gasteiger partial charge in [-0.05, 0) is 61.6 Å². The summed E-state index contributed by atoms with van der Waals surface area (Å²) in [6.07, 6.45) is 6.69. The molecule has 0 bridgehead atoms. The summed E-state index contributed by atoms with van der Waals surface area (Å²) in [4.78, 5) is 29.7. The first-order valence-electron chi connectivity index (χ1n) is 15.2. The standard InChI is InChI=1S/C34H40Cl3N3O4S/c1-24-28(35)16-10-19-31(24)40(45(2,43)44)21-11-20-33(41)39(23-27-29(36)17-9-18-30(27)37)32(22-25-12-5-3-6-13-25)34(42)38-26-14-7-4-8-15-26/h3,5-6,9-10,12-13,16-19,26,32H,4,7-8,11,14-15,20-23H2,1-2H3,(H,38,42)/t32-/m1/s1. The van der Waals surface area contributed by atoms with Gasteiger partial charge in [-0.15, -0.1) is 0 Å². The van der Waals surface area contributed by atoms with E-state index in [0.29, 0.717) is 38.3 Å². The molecule has 0 unspecified atom stereocenters. The van der Waals surface area contributed by atoms with E-state index in [4.69, 9.17) is 34.8 Å². The average Bonchev–Trinajstić information content (AvgIpc) is 3.00. The van der Waals surface area contributed by atoms with Gasteiger partial charge in [-0.2, -0.15) is 0 Å². The Morgan fingerprint density at radius 1 is 0.889 bits per heavy atom. The van der Waals surface area contributed by atoms with Gasteiger partial charge >= 0.3 is 0 Å². The van der Waals surface area contributed by atoms with Gasteiger partial charge in [0.15, 0.2) is 0 Å². The van der Waals surface area contributed by atoms with Crippen LogP contribution in [0.5, 0.6) is 0 Å². The summed E-state index contributed by atoms with van der Waals surface area (Å²) >= 11 is 19.4. The van der Waals surface area contributed by atoms with Crippen molar-refractivity contribution in [1.82, 2.24) is 10.2 Å². The highest BCUT2D eigenvalue weighted by Gasteiger charge is 2.33. The minimum atomic E-state index is -3.67. The van der Waals surface area contributed by atoms with Crippen LogP contribution in [0, 0.1) is 6.92 Å².